The number of hydrogen-bond acceptors (Lipinski definition) is 4. The number of aryl methyl sites for hydroxylation is 1. The van der Waals surface area contributed by atoms with E-state index in [1.54, 1.807) is 0 Å². The predicted molar refractivity (Wildman–Crippen MR) is 67.3 cm³/mol. The first kappa shape index (κ1) is 12.3. The van der Waals surface area contributed by atoms with E-state index in [1.165, 1.54) is 6.42 Å². The first-order valence-corrected chi connectivity index (χ1v) is 6.21. The summed E-state index contributed by atoms with van der Waals surface area (Å²) in [6.07, 6.45) is 2.61. The fourth-order valence-electron chi connectivity index (χ4n) is 1.88. The quantitative estimate of drug-likeness (QED) is 0.767. The Morgan fingerprint density at radius 2 is 2.47 bits per heavy atom. The molecule has 17 heavy (non-hydrogen) atoms. The highest BCUT2D eigenvalue weighted by Gasteiger charge is 2.14. The van der Waals surface area contributed by atoms with Gasteiger partial charge in [-0.3, -0.25) is 0 Å². The number of nitrogens with one attached hydrogen (secondary N) is 1. The van der Waals surface area contributed by atoms with Gasteiger partial charge >= 0.3 is 0 Å². The standard InChI is InChI=1S/C13H20N2O2/c1-11-4-2-6-13(15-11)14-7-9-16-10-12-5-3-8-17-12/h2,4,6,12H,3,5,7-10H2,1H3,(H,14,15). The Bertz CT molecular complexity index is 338. The summed E-state index contributed by atoms with van der Waals surface area (Å²) in [5.41, 5.74) is 1.02. The molecule has 0 radical (unpaired) electrons. The van der Waals surface area contributed by atoms with Crippen LogP contribution in [0.25, 0.3) is 0 Å². The molecule has 1 fully saturated rings. The first-order valence-electron chi connectivity index (χ1n) is 6.21. The van der Waals surface area contributed by atoms with Crippen molar-refractivity contribution in [3.05, 3.63) is 23.9 Å². The van der Waals surface area contributed by atoms with E-state index >= 15 is 0 Å². The third kappa shape index (κ3) is 4.32. The second-order valence-corrected chi connectivity index (χ2v) is 4.30. The lowest BCUT2D eigenvalue weighted by Crippen LogP contribution is -2.18. The van der Waals surface area contributed by atoms with Crippen molar-refractivity contribution in [2.45, 2.75) is 25.9 Å². The largest absolute Gasteiger partial charge is 0.377 e. The minimum absolute atomic E-state index is 0.312. The number of nitrogens with zero attached hydrogens (tertiary/aromatic N) is 1. The molecule has 0 spiro atoms. The van der Waals surface area contributed by atoms with Gasteiger partial charge in [0.1, 0.15) is 5.82 Å². The van der Waals surface area contributed by atoms with Crippen LogP contribution >= 0.6 is 0 Å². The highest BCUT2D eigenvalue weighted by atomic mass is 16.5. The molecule has 4 heteroatoms. The van der Waals surface area contributed by atoms with Crippen LogP contribution in [0.4, 0.5) is 5.82 Å². The Morgan fingerprint density at radius 3 is 3.24 bits per heavy atom. The summed E-state index contributed by atoms with van der Waals surface area (Å²) in [6, 6.07) is 5.95. The molecule has 4 nitrogen and oxygen atoms in total. The molecule has 0 saturated carbocycles. The molecule has 1 saturated heterocycles. The Balaban J connectivity index is 1.56. The summed E-state index contributed by atoms with van der Waals surface area (Å²) < 4.78 is 11.0. The molecule has 0 amide bonds. The molecule has 2 rings (SSSR count). The van der Waals surface area contributed by atoms with Gasteiger partial charge < -0.3 is 14.8 Å². The third-order valence-corrected chi connectivity index (χ3v) is 2.77. The molecule has 94 valence electrons. The molecule has 2 heterocycles. The number of pyridine rings is 1. The minimum Gasteiger partial charge on any atom is -0.377 e. The molecule has 1 aliphatic heterocycles. The number of rotatable bonds is 6. The van der Waals surface area contributed by atoms with Crippen molar-refractivity contribution in [2.75, 3.05) is 31.7 Å². The molecule has 1 unspecified atom stereocenters. The monoisotopic (exact) mass is 236 g/mol. The predicted octanol–water partition coefficient (Wildman–Crippen LogP) is 2.00. The molecule has 1 aromatic heterocycles. The van der Waals surface area contributed by atoms with Crippen LogP contribution in [0.1, 0.15) is 18.5 Å². The molecule has 0 aliphatic carbocycles. The van der Waals surface area contributed by atoms with E-state index in [9.17, 15) is 0 Å². The maximum Gasteiger partial charge on any atom is 0.126 e. The Hall–Kier alpha value is -1.13. The minimum atomic E-state index is 0.312. The van der Waals surface area contributed by atoms with E-state index < -0.39 is 0 Å². The molecule has 1 aromatic rings. The van der Waals surface area contributed by atoms with E-state index in [2.05, 4.69) is 10.3 Å². The van der Waals surface area contributed by atoms with Crippen LogP contribution in [-0.2, 0) is 9.47 Å². The Kier molecular flexibility index (Phi) is 4.76. The van der Waals surface area contributed by atoms with Crippen LogP contribution in [0.3, 0.4) is 0 Å². The van der Waals surface area contributed by atoms with Crippen molar-refractivity contribution in [1.29, 1.82) is 0 Å². The lowest BCUT2D eigenvalue weighted by molar-refractivity contribution is 0.0206. The average molecular weight is 236 g/mol. The van der Waals surface area contributed by atoms with Gasteiger partial charge in [-0.2, -0.15) is 0 Å². The molecule has 0 bridgehead atoms. The fraction of sp³-hybridized carbons (Fsp3) is 0.615. The molecular weight excluding hydrogens is 216 g/mol. The average Bonchev–Trinajstić information content (AvgIpc) is 2.82. The van der Waals surface area contributed by atoms with Gasteiger partial charge in [0.25, 0.3) is 0 Å². The van der Waals surface area contributed by atoms with Crippen molar-refractivity contribution in [2.24, 2.45) is 0 Å². The molecule has 0 aromatic carbocycles. The number of aromatic nitrogens is 1. The topological polar surface area (TPSA) is 43.4 Å². The van der Waals surface area contributed by atoms with Gasteiger partial charge in [0.15, 0.2) is 0 Å². The van der Waals surface area contributed by atoms with Gasteiger partial charge in [0, 0.05) is 18.8 Å². The first-order chi connectivity index (χ1) is 8.34. The maximum absolute atomic E-state index is 5.55. The van der Waals surface area contributed by atoms with Crippen LogP contribution in [0.15, 0.2) is 18.2 Å². The number of ether oxygens (including phenoxy) is 2. The number of hydrogen-bond donors (Lipinski definition) is 1. The third-order valence-electron chi connectivity index (χ3n) is 2.77. The fourth-order valence-corrected chi connectivity index (χ4v) is 1.88. The molecular formula is C13H20N2O2. The lowest BCUT2D eigenvalue weighted by Gasteiger charge is -2.10. The van der Waals surface area contributed by atoms with Crippen LogP contribution in [-0.4, -0.2) is 37.5 Å². The van der Waals surface area contributed by atoms with E-state index in [4.69, 9.17) is 9.47 Å². The summed E-state index contributed by atoms with van der Waals surface area (Å²) in [7, 11) is 0. The zero-order valence-electron chi connectivity index (χ0n) is 10.3. The summed E-state index contributed by atoms with van der Waals surface area (Å²) in [5, 5.41) is 3.23. The van der Waals surface area contributed by atoms with E-state index in [-0.39, 0.29) is 0 Å². The van der Waals surface area contributed by atoms with Gasteiger partial charge in [0.2, 0.25) is 0 Å². The summed E-state index contributed by atoms with van der Waals surface area (Å²) in [6.45, 7) is 5.06. The van der Waals surface area contributed by atoms with E-state index in [0.29, 0.717) is 19.3 Å². The second-order valence-electron chi connectivity index (χ2n) is 4.30. The van der Waals surface area contributed by atoms with E-state index in [0.717, 1.165) is 31.1 Å². The van der Waals surface area contributed by atoms with Crippen molar-refractivity contribution in [1.82, 2.24) is 4.98 Å². The molecule has 1 atom stereocenters. The van der Waals surface area contributed by atoms with Crippen LogP contribution < -0.4 is 5.32 Å². The smallest absolute Gasteiger partial charge is 0.126 e. The van der Waals surface area contributed by atoms with Crippen molar-refractivity contribution in [3.63, 3.8) is 0 Å². The highest BCUT2D eigenvalue weighted by Crippen LogP contribution is 2.11. The van der Waals surface area contributed by atoms with Gasteiger partial charge in [-0.05, 0) is 31.9 Å². The normalized spacial score (nSPS) is 19.5. The van der Waals surface area contributed by atoms with Crippen molar-refractivity contribution in [3.8, 4) is 0 Å². The maximum atomic E-state index is 5.55. The SMILES string of the molecule is Cc1cccc(NCCOCC2CCCO2)n1. The molecule has 1 N–H and O–H groups in total. The van der Waals surface area contributed by atoms with Gasteiger partial charge in [-0.15, -0.1) is 0 Å². The van der Waals surface area contributed by atoms with Gasteiger partial charge in [-0.1, -0.05) is 6.07 Å². The molecule has 1 aliphatic rings. The summed E-state index contributed by atoms with van der Waals surface area (Å²) >= 11 is 0. The Morgan fingerprint density at radius 1 is 1.53 bits per heavy atom. The second kappa shape index (κ2) is 6.57. The van der Waals surface area contributed by atoms with Gasteiger partial charge in [0.05, 0.1) is 19.3 Å². The van der Waals surface area contributed by atoms with Crippen LogP contribution in [0.2, 0.25) is 0 Å². The van der Waals surface area contributed by atoms with E-state index in [1.807, 2.05) is 25.1 Å². The van der Waals surface area contributed by atoms with Crippen molar-refractivity contribution >= 4 is 5.82 Å². The summed E-state index contributed by atoms with van der Waals surface area (Å²) in [4.78, 5) is 4.36. The zero-order valence-corrected chi connectivity index (χ0v) is 10.3. The lowest BCUT2D eigenvalue weighted by atomic mass is 10.2. The zero-order chi connectivity index (χ0) is 11.9. The van der Waals surface area contributed by atoms with Crippen LogP contribution in [0.5, 0.6) is 0 Å². The summed E-state index contributed by atoms with van der Waals surface area (Å²) in [5.74, 6) is 0.908. The number of anilines is 1. The van der Waals surface area contributed by atoms with Crippen molar-refractivity contribution < 1.29 is 9.47 Å². The van der Waals surface area contributed by atoms with Gasteiger partial charge in [-0.25, -0.2) is 4.98 Å². The van der Waals surface area contributed by atoms with Crippen LogP contribution in [0, 0.1) is 6.92 Å². The highest BCUT2D eigenvalue weighted by molar-refractivity contribution is 5.34. The Labute approximate surface area is 102 Å².